The van der Waals surface area contributed by atoms with Crippen LogP contribution in [0.3, 0.4) is 0 Å². The molecule has 0 atom stereocenters. The highest BCUT2D eigenvalue weighted by Gasteiger charge is 2.47. The Bertz CT molecular complexity index is 988. The Balaban J connectivity index is 1.41. The van der Waals surface area contributed by atoms with Crippen molar-refractivity contribution in [2.45, 2.75) is 37.8 Å². The zero-order valence-corrected chi connectivity index (χ0v) is 16.7. The number of piperazine rings is 1. The SMILES string of the molecule is COc1ccc(N2C(=O)CN(Cc3nc4ccccc4[nH]3)CC23CCCC3)cc1. The third kappa shape index (κ3) is 3.27. The molecule has 5 rings (SSSR count). The molecule has 3 aromatic rings. The van der Waals surface area contributed by atoms with Crippen molar-refractivity contribution in [1.29, 1.82) is 0 Å². The summed E-state index contributed by atoms with van der Waals surface area (Å²) in [6, 6.07) is 15.9. The second-order valence-corrected chi connectivity index (χ2v) is 8.20. The van der Waals surface area contributed by atoms with Gasteiger partial charge in [-0.25, -0.2) is 4.98 Å². The standard InChI is InChI=1S/C23H26N4O2/c1-29-18-10-8-17(9-11-18)27-22(28)15-26(16-23(27)12-4-5-13-23)14-21-24-19-6-2-3-7-20(19)25-21/h2-3,6-11H,4-5,12-16H2,1H3,(H,24,25). The molecule has 1 saturated heterocycles. The minimum absolute atomic E-state index is 0.129. The topological polar surface area (TPSA) is 61.5 Å². The number of ether oxygens (including phenoxy) is 1. The summed E-state index contributed by atoms with van der Waals surface area (Å²) in [4.78, 5) is 25.7. The predicted octanol–water partition coefficient (Wildman–Crippen LogP) is 3.73. The number of para-hydroxylation sites is 2. The van der Waals surface area contributed by atoms with Gasteiger partial charge in [-0.2, -0.15) is 0 Å². The van der Waals surface area contributed by atoms with Crippen molar-refractivity contribution in [3.63, 3.8) is 0 Å². The molecule has 1 N–H and O–H groups in total. The minimum atomic E-state index is -0.129. The van der Waals surface area contributed by atoms with E-state index in [1.54, 1.807) is 7.11 Å². The summed E-state index contributed by atoms with van der Waals surface area (Å²) in [7, 11) is 1.66. The molecule has 0 unspecified atom stereocenters. The number of fused-ring (bicyclic) bond motifs is 1. The largest absolute Gasteiger partial charge is 0.497 e. The Morgan fingerprint density at radius 1 is 1.10 bits per heavy atom. The van der Waals surface area contributed by atoms with E-state index in [0.29, 0.717) is 13.1 Å². The zero-order valence-electron chi connectivity index (χ0n) is 16.7. The van der Waals surface area contributed by atoms with Gasteiger partial charge in [-0.1, -0.05) is 25.0 Å². The number of carbonyl (C=O) groups is 1. The van der Waals surface area contributed by atoms with E-state index >= 15 is 0 Å². The Kier molecular flexibility index (Phi) is 4.51. The van der Waals surface area contributed by atoms with E-state index < -0.39 is 0 Å². The Labute approximate surface area is 170 Å². The molecule has 1 saturated carbocycles. The van der Waals surface area contributed by atoms with Crippen LogP contribution in [0.2, 0.25) is 0 Å². The molecule has 0 radical (unpaired) electrons. The molecule has 6 nitrogen and oxygen atoms in total. The van der Waals surface area contributed by atoms with Crippen LogP contribution < -0.4 is 9.64 Å². The number of carbonyl (C=O) groups excluding carboxylic acids is 1. The average Bonchev–Trinajstić information content (AvgIpc) is 3.34. The van der Waals surface area contributed by atoms with E-state index in [0.717, 1.165) is 47.7 Å². The summed E-state index contributed by atoms with van der Waals surface area (Å²) in [5.74, 6) is 1.90. The molecule has 1 aromatic heterocycles. The normalized spacial score (nSPS) is 19.3. The number of nitrogens with one attached hydrogen (secondary N) is 1. The van der Waals surface area contributed by atoms with Crippen LogP contribution >= 0.6 is 0 Å². The lowest BCUT2D eigenvalue weighted by Gasteiger charge is -2.48. The van der Waals surface area contributed by atoms with E-state index in [9.17, 15) is 4.79 Å². The fraction of sp³-hybridized carbons (Fsp3) is 0.391. The Morgan fingerprint density at radius 3 is 2.59 bits per heavy atom. The van der Waals surface area contributed by atoms with Gasteiger partial charge in [0.05, 0.1) is 36.8 Å². The number of aromatic nitrogens is 2. The molecule has 0 bridgehead atoms. The summed E-state index contributed by atoms with van der Waals surface area (Å²) in [5, 5.41) is 0. The van der Waals surface area contributed by atoms with Crippen molar-refractivity contribution in [2.24, 2.45) is 0 Å². The number of imidazole rings is 1. The smallest absolute Gasteiger partial charge is 0.241 e. The van der Waals surface area contributed by atoms with Crippen LogP contribution in [0, 0.1) is 0 Å². The highest BCUT2D eigenvalue weighted by molar-refractivity contribution is 5.97. The van der Waals surface area contributed by atoms with Crippen molar-refractivity contribution < 1.29 is 9.53 Å². The number of hydrogen-bond donors (Lipinski definition) is 1. The van der Waals surface area contributed by atoms with Gasteiger partial charge in [0.25, 0.3) is 0 Å². The molecular weight excluding hydrogens is 364 g/mol. The molecule has 2 aliphatic rings. The molecule has 1 amide bonds. The maximum Gasteiger partial charge on any atom is 0.241 e. The number of nitrogens with zero attached hydrogens (tertiary/aromatic N) is 3. The summed E-state index contributed by atoms with van der Waals surface area (Å²) >= 11 is 0. The first-order valence-corrected chi connectivity index (χ1v) is 10.3. The predicted molar refractivity (Wildman–Crippen MR) is 113 cm³/mol. The van der Waals surface area contributed by atoms with Crippen LogP contribution in [0.1, 0.15) is 31.5 Å². The number of hydrogen-bond acceptors (Lipinski definition) is 4. The third-order valence-corrected chi connectivity index (χ3v) is 6.28. The summed E-state index contributed by atoms with van der Waals surface area (Å²) < 4.78 is 5.29. The second-order valence-electron chi connectivity index (χ2n) is 8.20. The maximum absolute atomic E-state index is 13.3. The van der Waals surface area contributed by atoms with Gasteiger partial charge in [-0.3, -0.25) is 9.69 Å². The molecule has 29 heavy (non-hydrogen) atoms. The highest BCUT2D eigenvalue weighted by Crippen LogP contribution is 2.41. The van der Waals surface area contributed by atoms with E-state index in [1.165, 1.54) is 12.8 Å². The molecule has 2 heterocycles. The third-order valence-electron chi connectivity index (χ3n) is 6.28. The van der Waals surface area contributed by atoms with Gasteiger partial charge in [-0.15, -0.1) is 0 Å². The fourth-order valence-electron chi connectivity index (χ4n) is 5.04. The zero-order chi connectivity index (χ0) is 19.8. The molecule has 1 aliphatic carbocycles. The maximum atomic E-state index is 13.3. The first-order valence-electron chi connectivity index (χ1n) is 10.3. The number of H-pyrrole nitrogens is 1. The monoisotopic (exact) mass is 390 g/mol. The van der Waals surface area contributed by atoms with Crippen LogP contribution in [0.5, 0.6) is 5.75 Å². The molecule has 2 fully saturated rings. The molecule has 150 valence electrons. The average molecular weight is 390 g/mol. The lowest BCUT2D eigenvalue weighted by atomic mass is 9.90. The molecular formula is C23H26N4O2. The van der Waals surface area contributed by atoms with Crippen molar-refractivity contribution in [1.82, 2.24) is 14.9 Å². The molecule has 1 aliphatic heterocycles. The molecule has 6 heteroatoms. The number of amides is 1. The van der Waals surface area contributed by atoms with Crippen molar-refractivity contribution in [2.75, 3.05) is 25.1 Å². The van der Waals surface area contributed by atoms with Gasteiger partial charge in [0, 0.05) is 12.2 Å². The van der Waals surface area contributed by atoms with Gasteiger partial charge in [-0.05, 0) is 49.2 Å². The van der Waals surface area contributed by atoms with Gasteiger partial charge in [0.15, 0.2) is 0 Å². The van der Waals surface area contributed by atoms with Gasteiger partial charge >= 0.3 is 0 Å². The number of benzene rings is 2. The fourth-order valence-corrected chi connectivity index (χ4v) is 5.04. The van der Waals surface area contributed by atoms with Crippen LogP contribution in [-0.2, 0) is 11.3 Å². The summed E-state index contributed by atoms with van der Waals surface area (Å²) in [6.07, 6.45) is 4.42. The van der Waals surface area contributed by atoms with E-state index in [1.807, 2.05) is 48.5 Å². The summed E-state index contributed by atoms with van der Waals surface area (Å²) in [6.45, 7) is 1.95. The Morgan fingerprint density at radius 2 is 1.86 bits per heavy atom. The Hall–Kier alpha value is -2.86. The van der Waals surface area contributed by atoms with Crippen LogP contribution in [0.15, 0.2) is 48.5 Å². The number of methoxy groups -OCH3 is 1. The second kappa shape index (κ2) is 7.19. The molecule has 2 aromatic carbocycles. The van der Waals surface area contributed by atoms with Gasteiger partial charge in [0.2, 0.25) is 5.91 Å². The number of anilines is 1. The van der Waals surface area contributed by atoms with Crippen LogP contribution in [0.25, 0.3) is 11.0 Å². The first-order chi connectivity index (χ1) is 14.2. The number of aromatic amines is 1. The van der Waals surface area contributed by atoms with E-state index in [2.05, 4.69) is 14.8 Å². The van der Waals surface area contributed by atoms with Gasteiger partial charge < -0.3 is 14.6 Å². The lowest BCUT2D eigenvalue weighted by molar-refractivity contribution is -0.124. The van der Waals surface area contributed by atoms with E-state index in [4.69, 9.17) is 9.72 Å². The quantitative estimate of drug-likeness (QED) is 0.737. The van der Waals surface area contributed by atoms with Crippen molar-refractivity contribution >= 4 is 22.6 Å². The lowest BCUT2D eigenvalue weighted by Crippen LogP contribution is -2.64. The highest BCUT2D eigenvalue weighted by atomic mass is 16.5. The minimum Gasteiger partial charge on any atom is -0.497 e. The first kappa shape index (κ1) is 18.2. The van der Waals surface area contributed by atoms with Crippen LogP contribution in [0.4, 0.5) is 5.69 Å². The van der Waals surface area contributed by atoms with E-state index in [-0.39, 0.29) is 11.4 Å². The van der Waals surface area contributed by atoms with Crippen molar-refractivity contribution in [3.05, 3.63) is 54.4 Å². The summed E-state index contributed by atoms with van der Waals surface area (Å²) in [5.41, 5.74) is 2.86. The van der Waals surface area contributed by atoms with Crippen molar-refractivity contribution in [3.8, 4) is 5.75 Å². The molecule has 1 spiro atoms. The number of rotatable bonds is 4. The van der Waals surface area contributed by atoms with Crippen LogP contribution in [-0.4, -0.2) is 46.5 Å². The van der Waals surface area contributed by atoms with Gasteiger partial charge in [0.1, 0.15) is 11.6 Å².